The third kappa shape index (κ3) is 4.08. The molecule has 2 rings (SSSR count). The van der Waals surface area contributed by atoms with Gasteiger partial charge in [0.2, 0.25) is 0 Å². The van der Waals surface area contributed by atoms with Crippen molar-refractivity contribution in [3.8, 4) is 0 Å². The number of hydrogen-bond acceptors (Lipinski definition) is 2. The quantitative estimate of drug-likeness (QED) is 0.414. The maximum atomic E-state index is 13.6. The number of hydrogen-bond donors (Lipinski definition) is 0. The van der Waals surface area contributed by atoms with Crippen LogP contribution in [0, 0.1) is 42.0 Å². The van der Waals surface area contributed by atoms with E-state index in [0.29, 0.717) is 6.08 Å². The first-order valence-electron chi connectivity index (χ1n) is 6.87. The second-order valence-corrected chi connectivity index (χ2v) is 5.89. The van der Waals surface area contributed by atoms with E-state index in [-0.39, 0.29) is 6.42 Å². The van der Waals surface area contributed by atoms with E-state index in [2.05, 4.69) is 4.74 Å². The molecule has 0 aliphatic heterocycles. The predicted molar refractivity (Wildman–Crippen MR) is 72.4 cm³/mol. The van der Waals surface area contributed by atoms with Gasteiger partial charge < -0.3 is 4.74 Å². The van der Waals surface area contributed by atoms with Gasteiger partial charge in [0.05, 0.1) is 11.5 Å². The molecule has 1 aromatic rings. The second kappa shape index (κ2) is 6.86. The summed E-state index contributed by atoms with van der Waals surface area (Å²) >= 11 is 5.03. The zero-order chi connectivity index (χ0) is 19.1. The van der Waals surface area contributed by atoms with Gasteiger partial charge in [0, 0.05) is 5.56 Å². The fourth-order valence-electron chi connectivity index (χ4n) is 2.12. The van der Waals surface area contributed by atoms with Gasteiger partial charge in [-0.1, -0.05) is 17.7 Å². The van der Waals surface area contributed by atoms with Crippen molar-refractivity contribution in [1.82, 2.24) is 0 Å². The molecule has 0 aromatic heterocycles. The molecule has 0 unspecified atom stereocenters. The minimum Gasteiger partial charge on any atom is -0.460 e. The lowest BCUT2D eigenvalue weighted by atomic mass is 10.1. The fourth-order valence-corrected chi connectivity index (χ4v) is 2.28. The lowest BCUT2D eigenvalue weighted by Gasteiger charge is -2.10. The van der Waals surface area contributed by atoms with Crippen molar-refractivity contribution < 1.29 is 40.3 Å². The molecule has 0 saturated heterocycles. The van der Waals surface area contributed by atoms with Crippen LogP contribution in [0.2, 0.25) is 0 Å². The van der Waals surface area contributed by atoms with Gasteiger partial charge in [0.25, 0.3) is 0 Å². The van der Waals surface area contributed by atoms with Gasteiger partial charge in [-0.05, 0) is 19.3 Å². The van der Waals surface area contributed by atoms with Crippen molar-refractivity contribution in [1.29, 1.82) is 0 Å². The van der Waals surface area contributed by atoms with Crippen molar-refractivity contribution in [3.05, 3.63) is 45.5 Å². The Bertz CT molecular complexity index is 713. The van der Waals surface area contributed by atoms with Crippen molar-refractivity contribution in [2.75, 3.05) is 0 Å². The standard InChI is InChI=1S/C15H10ClF7O2/c1-5-10(17)12(19)8(13(20)11(5)18)4-25-14(24)7-2-6(7)3-9(16)15(21,22)23/h3,6-7H,2,4H2,1H3/b9-3-/t6-,7-/m1/s1. The maximum absolute atomic E-state index is 13.6. The van der Waals surface area contributed by atoms with E-state index >= 15 is 0 Å². The lowest BCUT2D eigenvalue weighted by Crippen LogP contribution is -2.13. The molecule has 1 aliphatic carbocycles. The highest BCUT2D eigenvalue weighted by molar-refractivity contribution is 6.30. The third-order valence-corrected chi connectivity index (χ3v) is 4.05. The number of esters is 1. The van der Waals surface area contributed by atoms with E-state index in [1.807, 2.05) is 0 Å². The van der Waals surface area contributed by atoms with Crippen LogP contribution in [0.5, 0.6) is 0 Å². The molecule has 25 heavy (non-hydrogen) atoms. The molecule has 0 heterocycles. The summed E-state index contributed by atoms with van der Waals surface area (Å²) in [6, 6.07) is 0. The normalized spacial score (nSPS) is 20.6. The first-order valence-corrected chi connectivity index (χ1v) is 7.25. The first-order chi connectivity index (χ1) is 11.4. The van der Waals surface area contributed by atoms with Crippen molar-refractivity contribution in [2.45, 2.75) is 26.1 Å². The van der Waals surface area contributed by atoms with E-state index in [1.54, 1.807) is 0 Å². The number of benzene rings is 1. The molecular formula is C15H10ClF7O2. The molecule has 1 fully saturated rings. The molecule has 0 amide bonds. The van der Waals surface area contributed by atoms with Crippen LogP contribution in [0.15, 0.2) is 11.1 Å². The highest BCUT2D eigenvalue weighted by Crippen LogP contribution is 2.44. The van der Waals surface area contributed by atoms with Gasteiger partial charge in [0.15, 0.2) is 23.3 Å². The zero-order valence-corrected chi connectivity index (χ0v) is 13.2. The van der Waals surface area contributed by atoms with Crippen LogP contribution in [-0.2, 0) is 16.1 Å². The van der Waals surface area contributed by atoms with E-state index in [9.17, 15) is 35.5 Å². The summed E-state index contributed by atoms with van der Waals surface area (Å²) in [5, 5.41) is -1.40. The smallest absolute Gasteiger partial charge is 0.426 e. The summed E-state index contributed by atoms with van der Waals surface area (Å²) in [4.78, 5) is 11.7. The molecule has 2 nitrogen and oxygen atoms in total. The third-order valence-electron chi connectivity index (χ3n) is 3.71. The number of rotatable bonds is 4. The maximum Gasteiger partial charge on any atom is 0.426 e. The number of alkyl halides is 3. The van der Waals surface area contributed by atoms with Crippen molar-refractivity contribution in [3.63, 3.8) is 0 Å². The molecule has 10 heteroatoms. The Morgan fingerprint density at radius 3 is 2.16 bits per heavy atom. The molecule has 2 atom stereocenters. The Kier molecular flexibility index (Phi) is 5.36. The molecule has 138 valence electrons. The molecule has 0 bridgehead atoms. The van der Waals surface area contributed by atoms with E-state index in [0.717, 1.165) is 6.92 Å². The number of halogens is 8. The lowest BCUT2D eigenvalue weighted by molar-refractivity contribution is -0.147. The largest absolute Gasteiger partial charge is 0.460 e. The van der Waals surface area contributed by atoms with Crippen LogP contribution in [0.25, 0.3) is 0 Å². The van der Waals surface area contributed by atoms with Gasteiger partial charge in [0.1, 0.15) is 11.6 Å². The Hall–Kier alpha value is -1.77. The Balaban J connectivity index is 2.04. The molecule has 1 aliphatic rings. The average Bonchev–Trinajstić information content (AvgIpc) is 3.29. The van der Waals surface area contributed by atoms with Gasteiger partial charge in [-0.2, -0.15) is 13.2 Å². The molecule has 0 radical (unpaired) electrons. The summed E-state index contributed by atoms with van der Waals surface area (Å²) in [5.74, 6) is -9.48. The zero-order valence-electron chi connectivity index (χ0n) is 12.5. The summed E-state index contributed by atoms with van der Waals surface area (Å²) in [6.45, 7) is -0.261. The van der Waals surface area contributed by atoms with Gasteiger partial charge in [-0.3, -0.25) is 4.79 Å². The second-order valence-electron chi connectivity index (χ2n) is 5.49. The SMILES string of the molecule is Cc1c(F)c(F)c(COC(=O)[C@@H]2C[C@@H]2/C=C(\Cl)C(F)(F)F)c(F)c1F. The Morgan fingerprint density at radius 1 is 1.16 bits per heavy atom. The molecule has 0 spiro atoms. The van der Waals surface area contributed by atoms with E-state index < -0.39 is 70.0 Å². The van der Waals surface area contributed by atoms with Gasteiger partial charge in [-0.15, -0.1) is 0 Å². The minimum atomic E-state index is -4.75. The first kappa shape index (κ1) is 19.6. The Morgan fingerprint density at radius 2 is 1.68 bits per heavy atom. The number of carbonyl (C=O) groups excluding carboxylic acids is 1. The minimum absolute atomic E-state index is 0.00666. The van der Waals surface area contributed by atoms with Crippen LogP contribution < -0.4 is 0 Å². The summed E-state index contributed by atoms with van der Waals surface area (Å²) < 4.78 is 95.4. The number of ether oxygens (including phenoxy) is 1. The molecular weight excluding hydrogens is 381 g/mol. The Labute approximate surface area is 142 Å². The van der Waals surface area contributed by atoms with Gasteiger partial charge in [-0.25, -0.2) is 17.6 Å². The molecule has 1 saturated carbocycles. The summed E-state index contributed by atoms with van der Waals surface area (Å²) in [5.41, 5.74) is -1.98. The van der Waals surface area contributed by atoms with Crippen molar-refractivity contribution >= 4 is 17.6 Å². The highest BCUT2D eigenvalue weighted by atomic mass is 35.5. The highest BCUT2D eigenvalue weighted by Gasteiger charge is 2.45. The number of allylic oxidation sites excluding steroid dienone is 2. The predicted octanol–water partition coefficient (Wildman–Crippen LogP) is 4.92. The van der Waals surface area contributed by atoms with Crippen molar-refractivity contribution in [2.24, 2.45) is 11.8 Å². The van der Waals surface area contributed by atoms with Gasteiger partial charge >= 0.3 is 12.1 Å². The number of carbonyl (C=O) groups is 1. The summed E-state index contributed by atoms with van der Waals surface area (Å²) in [6.07, 6.45) is -4.10. The molecule has 1 aromatic carbocycles. The molecule has 0 N–H and O–H groups in total. The van der Waals surface area contributed by atoms with E-state index in [4.69, 9.17) is 11.6 Å². The van der Waals surface area contributed by atoms with E-state index in [1.165, 1.54) is 0 Å². The van der Waals surface area contributed by atoms with Crippen LogP contribution in [0.4, 0.5) is 30.7 Å². The van der Waals surface area contributed by atoms with Crippen LogP contribution in [-0.4, -0.2) is 12.1 Å². The topological polar surface area (TPSA) is 26.3 Å². The fraction of sp³-hybridized carbons (Fsp3) is 0.400. The van der Waals surface area contributed by atoms with Crippen LogP contribution >= 0.6 is 11.6 Å². The average molecular weight is 391 g/mol. The summed E-state index contributed by atoms with van der Waals surface area (Å²) in [7, 11) is 0. The monoisotopic (exact) mass is 390 g/mol. The van der Waals surface area contributed by atoms with Crippen LogP contribution in [0.3, 0.4) is 0 Å². The van der Waals surface area contributed by atoms with Crippen LogP contribution in [0.1, 0.15) is 17.5 Å².